The fourth-order valence-electron chi connectivity index (χ4n) is 2.22. The molecule has 128 valence electrons. The van der Waals surface area contributed by atoms with Crippen LogP contribution in [0.2, 0.25) is 15.1 Å². The number of anilines is 1. The molecule has 0 fully saturated rings. The summed E-state index contributed by atoms with van der Waals surface area (Å²) in [5.74, 6) is 0. The number of thiazole rings is 1. The molecule has 0 aliphatic heterocycles. The lowest BCUT2D eigenvalue weighted by molar-refractivity contribution is 1.21. The Morgan fingerprint density at radius 1 is 1.08 bits per heavy atom. The van der Waals surface area contributed by atoms with Gasteiger partial charge in [0.15, 0.2) is 0 Å². The molecule has 2 aromatic carbocycles. The summed E-state index contributed by atoms with van der Waals surface area (Å²) in [6.45, 7) is 2.05. The van der Waals surface area contributed by atoms with E-state index in [4.69, 9.17) is 34.8 Å². The van der Waals surface area contributed by atoms with Gasteiger partial charge in [0.1, 0.15) is 0 Å². The molecule has 3 aromatic rings. The fraction of sp³-hybridized carbons (Fsp3) is 0.111. The summed E-state index contributed by atoms with van der Waals surface area (Å²) in [5.41, 5.74) is 6.73. The lowest BCUT2D eigenvalue weighted by atomic mass is 10.1. The van der Waals surface area contributed by atoms with Crippen LogP contribution in [0, 0.1) is 0 Å². The largest absolute Gasteiger partial charge is 0.252 e. The van der Waals surface area contributed by atoms with E-state index < -0.39 is 0 Å². The molecule has 3 rings (SSSR count). The first-order valence-corrected chi connectivity index (χ1v) is 9.57. The van der Waals surface area contributed by atoms with Crippen LogP contribution >= 0.6 is 46.1 Å². The normalized spacial score (nSPS) is 11.6. The topological polar surface area (TPSA) is 37.3 Å². The highest BCUT2D eigenvalue weighted by molar-refractivity contribution is 7.14. The quantitative estimate of drug-likeness (QED) is 0.363. The number of nitrogens with zero attached hydrogens (tertiary/aromatic N) is 2. The summed E-state index contributed by atoms with van der Waals surface area (Å²) in [7, 11) is 0. The second kappa shape index (κ2) is 8.19. The minimum absolute atomic E-state index is 0.510. The molecular formula is C18H14Cl3N3S. The van der Waals surface area contributed by atoms with Gasteiger partial charge >= 0.3 is 0 Å². The third kappa shape index (κ3) is 4.53. The number of aromatic nitrogens is 1. The van der Waals surface area contributed by atoms with E-state index in [9.17, 15) is 0 Å². The summed E-state index contributed by atoms with van der Waals surface area (Å²) in [5, 5.41) is 8.88. The van der Waals surface area contributed by atoms with Gasteiger partial charge in [0.2, 0.25) is 5.13 Å². The Hall–Kier alpha value is -1.59. The number of benzene rings is 2. The van der Waals surface area contributed by atoms with Gasteiger partial charge in [-0.3, -0.25) is 5.43 Å². The molecule has 0 radical (unpaired) electrons. The molecule has 0 unspecified atom stereocenters. The van der Waals surface area contributed by atoms with Crippen LogP contribution in [0.25, 0.3) is 11.3 Å². The summed E-state index contributed by atoms with van der Waals surface area (Å²) >= 11 is 19.4. The molecule has 1 heterocycles. The number of hydrogen-bond donors (Lipinski definition) is 1. The maximum Gasteiger partial charge on any atom is 0.203 e. The van der Waals surface area contributed by atoms with Crippen molar-refractivity contribution in [3.05, 3.63) is 68.5 Å². The van der Waals surface area contributed by atoms with Gasteiger partial charge < -0.3 is 0 Å². The Bertz CT molecular complexity index is 904. The summed E-state index contributed by atoms with van der Waals surface area (Å²) in [6.07, 6.45) is 0.791. The zero-order valence-corrected chi connectivity index (χ0v) is 16.3. The number of halogens is 3. The number of hydrogen-bond acceptors (Lipinski definition) is 4. The molecule has 0 spiro atoms. The van der Waals surface area contributed by atoms with E-state index in [2.05, 4.69) is 22.4 Å². The highest BCUT2D eigenvalue weighted by Gasteiger charge is 2.07. The number of rotatable bonds is 5. The van der Waals surface area contributed by atoms with Crippen molar-refractivity contribution in [2.24, 2.45) is 5.10 Å². The molecule has 0 aliphatic rings. The van der Waals surface area contributed by atoms with Crippen LogP contribution in [-0.2, 0) is 0 Å². The molecule has 0 aliphatic carbocycles. The Morgan fingerprint density at radius 2 is 1.84 bits per heavy atom. The van der Waals surface area contributed by atoms with Crippen molar-refractivity contribution in [3.63, 3.8) is 0 Å². The lowest BCUT2D eigenvalue weighted by Gasteiger charge is -2.04. The van der Waals surface area contributed by atoms with Crippen molar-refractivity contribution < 1.29 is 0 Å². The average molecular weight is 411 g/mol. The third-order valence-electron chi connectivity index (χ3n) is 3.52. The predicted octanol–water partition coefficient (Wildman–Crippen LogP) is 7.00. The molecule has 3 nitrogen and oxygen atoms in total. The molecule has 0 saturated carbocycles. The lowest BCUT2D eigenvalue weighted by Crippen LogP contribution is -2.02. The van der Waals surface area contributed by atoms with E-state index in [1.54, 1.807) is 12.1 Å². The average Bonchev–Trinajstić information content (AvgIpc) is 3.08. The zero-order chi connectivity index (χ0) is 17.8. The van der Waals surface area contributed by atoms with Gasteiger partial charge in [-0.05, 0) is 36.2 Å². The van der Waals surface area contributed by atoms with Crippen LogP contribution in [0.5, 0.6) is 0 Å². The molecule has 7 heteroatoms. The Morgan fingerprint density at radius 3 is 2.52 bits per heavy atom. The Labute approximate surface area is 165 Å². The van der Waals surface area contributed by atoms with E-state index in [0.29, 0.717) is 20.2 Å². The van der Waals surface area contributed by atoms with Crippen molar-refractivity contribution in [2.45, 2.75) is 13.3 Å². The Balaban J connectivity index is 1.78. The molecule has 1 aromatic heterocycles. The zero-order valence-electron chi connectivity index (χ0n) is 13.3. The molecule has 1 N–H and O–H groups in total. The number of nitrogens with one attached hydrogen (secondary N) is 1. The van der Waals surface area contributed by atoms with Crippen LogP contribution < -0.4 is 5.43 Å². The minimum atomic E-state index is 0.510. The second-order valence-corrected chi connectivity index (χ2v) is 7.31. The van der Waals surface area contributed by atoms with Crippen LogP contribution in [0.4, 0.5) is 5.13 Å². The van der Waals surface area contributed by atoms with E-state index >= 15 is 0 Å². The van der Waals surface area contributed by atoms with Gasteiger partial charge in [-0.25, -0.2) is 4.98 Å². The molecule has 0 atom stereocenters. The van der Waals surface area contributed by atoms with E-state index in [0.717, 1.165) is 29.0 Å². The monoisotopic (exact) mass is 409 g/mol. The van der Waals surface area contributed by atoms with E-state index in [1.807, 2.05) is 35.7 Å². The molecule has 0 amide bonds. The fourth-order valence-corrected chi connectivity index (χ4v) is 3.30. The first-order chi connectivity index (χ1) is 12.1. The van der Waals surface area contributed by atoms with Crippen molar-refractivity contribution in [2.75, 3.05) is 5.43 Å². The Kier molecular flexibility index (Phi) is 5.97. The van der Waals surface area contributed by atoms with Gasteiger partial charge in [-0.2, -0.15) is 5.10 Å². The van der Waals surface area contributed by atoms with Gasteiger partial charge in [0.25, 0.3) is 0 Å². The van der Waals surface area contributed by atoms with Gasteiger partial charge in [-0.15, -0.1) is 11.3 Å². The van der Waals surface area contributed by atoms with Gasteiger partial charge in [-0.1, -0.05) is 59.9 Å². The van der Waals surface area contributed by atoms with E-state index in [1.165, 1.54) is 11.3 Å². The summed E-state index contributed by atoms with van der Waals surface area (Å²) < 4.78 is 0. The van der Waals surface area contributed by atoms with Crippen LogP contribution in [0.15, 0.2) is 52.9 Å². The van der Waals surface area contributed by atoms with E-state index in [-0.39, 0.29) is 0 Å². The van der Waals surface area contributed by atoms with Crippen molar-refractivity contribution in [3.8, 4) is 11.3 Å². The van der Waals surface area contributed by atoms with Crippen molar-refractivity contribution in [1.82, 2.24) is 4.98 Å². The highest BCUT2D eigenvalue weighted by Crippen LogP contribution is 2.30. The van der Waals surface area contributed by atoms with Crippen LogP contribution in [0.3, 0.4) is 0 Å². The van der Waals surface area contributed by atoms with Crippen LogP contribution in [-0.4, -0.2) is 10.7 Å². The smallest absolute Gasteiger partial charge is 0.203 e. The molecule has 0 saturated heterocycles. The summed E-state index contributed by atoms with van der Waals surface area (Å²) in [4.78, 5) is 4.54. The maximum absolute atomic E-state index is 6.07. The third-order valence-corrected chi connectivity index (χ3v) is 5.26. The molecule has 25 heavy (non-hydrogen) atoms. The first-order valence-electron chi connectivity index (χ1n) is 7.56. The molecular weight excluding hydrogens is 397 g/mol. The SMILES string of the molecule is CC/C(=N\Nc1nc(-c2ccc(Cl)c(Cl)c2)cs1)c1ccc(Cl)cc1. The standard InChI is InChI=1S/C18H14Cl3N3S/c1-2-16(11-3-6-13(19)7-4-11)23-24-18-22-17(10-25-18)12-5-8-14(20)15(21)9-12/h3-10H,2H2,1H3,(H,22,24)/b23-16+. The second-order valence-electron chi connectivity index (χ2n) is 5.20. The molecule has 0 bridgehead atoms. The van der Waals surface area contributed by atoms with Crippen molar-refractivity contribution in [1.29, 1.82) is 0 Å². The van der Waals surface area contributed by atoms with Crippen LogP contribution in [0.1, 0.15) is 18.9 Å². The van der Waals surface area contributed by atoms with Crippen molar-refractivity contribution >= 4 is 57.0 Å². The summed E-state index contributed by atoms with van der Waals surface area (Å²) in [6, 6.07) is 13.1. The number of hydrazone groups is 1. The predicted molar refractivity (Wildman–Crippen MR) is 109 cm³/mol. The van der Waals surface area contributed by atoms with Gasteiger partial charge in [0, 0.05) is 16.0 Å². The first kappa shape index (κ1) is 18.2. The maximum atomic E-state index is 6.07. The highest BCUT2D eigenvalue weighted by atomic mass is 35.5. The van der Waals surface area contributed by atoms with Gasteiger partial charge in [0.05, 0.1) is 21.5 Å². The minimum Gasteiger partial charge on any atom is -0.252 e.